The highest BCUT2D eigenvalue weighted by Crippen LogP contribution is 2.14. The summed E-state index contributed by atoms with van der Waals surface area (Å²) in [7, 11) is -3.62. The minimum absolute atomic E-state index is 0.0406. The van der Waals surface area contributed by atoms with E-state index in [1.807, 2.05) is 18.2 Å². The molecule has 144 valence electrons. The first-order valence-electron chi connectivity index (χ1n) is 8.48. The smallest absolute Gasteiger partial charge is 0.253 e. The summed E-state index contributed by atoms with van der Waals surface area (Å²) in [6.45, 7) is 0.173. The molecule has 0 saturated carbocycles. The Kier molecular flexibility index (Phi) is 6.13. The van der Waals surface area contributed by atoms with E-state index in [0.29, 0.717) is 11.3 Å². The van der Waals surface area contributed by atoms with Crippen molar-refractivity contribution in [3.05, 3.63) is 94.1 Å². The summed E-state index contributed by atoms with van der Waals surface area (Å²) in [6.07, 6.45) is 2.84. The molecule has 0 spiro atoms. The van der Waals surface area contributed by atoms with Gasteiger partial charge in [0.2, 0.25) is 10.0 Å². The Hall–Kier alpha value is -3.10. The molecule has 1 N–H and O–H groups in total. The van der Waals surface area contributed by atoms with Crippen LogP contribution in [0, 0.1) is 5.82 Å². The molecule has 0 bridgehead atoms. The van der Waals surface area contributed by atoms with Crippen molar-refractivity contribution >= 4 is 16.1 Å². The van der Waals surface area contributed by atoms with Gasteiger partial charge in [0.15, 0.2) is 0 Å². The van der Waals surface area contributed by atoms with E-state index in [2.05, 4.69) is 9.71 Å². The van der Waals surface area contributed by atoms with E-state index in [0.717, 1.165) is 11.0 Å². The maximum atomic E-state index is 13.0. The summed E-state index contributed by atoms with van der Waals surface area (Å²) in [4.78, 5) is 16.4. The van der Waals surface area contributed by atoms with Crippen molar-refractivity contribution in [3.63, 3.8) is 0 Å². The standard InChI is InChI=1S/C20H18FN3O3S/c21-18-8-6-17(7-9-18)19-14-20(25)24(15-22-19)12-11-23-28(26,27)13-10-16-4-2-1-3-5-16/h1-10,13-15,23H,11-12H2. The van der Waals surface area contributed by atoms with E-state index in [1.54, 1.807) is 12.1 Å². The van der Waals surface area contributed by atoms with Crippen LogP contribution in [-0.4, -0.2) is 24.5 Å². The molecule has 1 heterocycles. The van der Waals surface area contributed by atoms with Gasteiger partial charge in [-0.05, 0) is 35.9 Å². The van der Waals surface area contributed by atoms with Gasteiger partial charge in [0.25, 0.3) is 5.56 Å². The zero-order chi connectivity index (χ0) is 20.0. The molecule has 1 aromatic heterocycles. The zero-order valence-electron chi connectivity index (χ0n) is 14.8. The molecule has 3 aromatic rings. The van der Waals surface area contributed by atoms with E-state index in [4.69, 9.17) is 0 Å². The molecule has 28 heavy (non-hydrogen) atoms. The third-order valence-electron chi connectivity index (χ3n) is 3.91. The van der Waals surface area contributed by atoms with Crippen LogP contribution in [0.1, 0.15) is 5.56 Å². The van der Waals surface area contributed by atoms with Gasteiger partial charge in [0.05, 0.1) is 12.0 Å². The monoisotopic (exact) mass is 399 g/mol. The molecule has 0 unspecified atom stereocenters. The van der Waals surface area contributed by atoms with Crippen molar-refractivity contribution in [1.82, 2.24) is 14.3 Å². The Labute approximate surface area is 162 Å². The fraction of sp³-hybridized carbons (Fsp3) is 0.100. The van der Waals surface area contributed by atoms with Gasteiger partial charge in [-0.2, -0.15) is 0 Å². The van der Waals surface area contributed by atoms with Crippen LogP contribution >= 0.6 is 0 Å². The van der Waals surface area contributed by atoms with Crippen molar-refractivity contribution in [3.8, 4) is 11.3 Å². The molecule has 0 aliphatic rings. The Morgan fingerprint density at radius 1 is 1.07 bits per heavy atom. The molecule has 8 heteroatoms. The van der Waals surface area contributed by atoms with Crippen LogP contribution in [-0.2, 0) is 16.6 Å². The lowest BCUT2D eigenvalue weighted by atomic mass is 10.1. The Morgan fingerprint density at radius 3 is 2.46 bits per heavy atom. The number of hydrogen-bond acceptors (Lipinski definition) is 4. The minimum Gasteiger partial charge on any atom is -0.298 e. The fourth-order valence-electron chi connectivity index (χ4n) is 2.46. The van der Waals surface area contributed by atoms with Crippen LogP contribution in [0.2, 0.25) is 0 Å². The average molecular weight is 399 g/mol. The third-order valence-corrected chi connectivity index (χ3v) is 5.02. The molecule has 0 amide bonds. The van der Waals surface area contributed by atoms with Crippen molar-refractivity contribution in [2.75, 3.05) is 6.54 Å². The predicted molar refractivity (Wildman–Crippen MR) is 106 cm³/mol. The number of hydrogen-bond donors (Lipinski definition) is 1. The SMILES string of the molecule is O=c1cc(-c2ccc(F)cc2)ncn1CCNS(=O)(=O)C=Cc1ccccc1. The molecular weight excluding hydrogens is 381 g/mol. The van der Waals surface area contributed by atoms with E-state index >= 15 is 0 Å². The highest BCUT2D eigenvalue weighted by atomic mass is 32.2. The molecule has 0 fully saturated rings. The first-order chi connectivity index (χ1) is 13.4. The summed E-state index contributed by atoms with van der Waals surface area (Å²) in [5.74, 6) is -0.370. The van der Waals surface area contributed by atoms with Crippen LogP contribution < -0.4 is 10.3 Å². The molecule has 6 nitrogen and oxygen atoms in total. The summed E-state index contributed by atoms with van der Waals surface area (Å²) < 4.78 is 40.7. The number of benzene rings is 2. The van der Waals surface area contributed by atoms with Gasteiger partial charge in [-0.25, -0.2) is 22.5 Å². The lowest BCUT2D eigenvalue weighted by molar-refractivity contribution is 0.577. The van der Waals surface area contributed by atoms with E-state index in [-0.39, 0.29) is 24.5 Å². The van der Waals surface area contributed by atoms with Gasteiger partial charge in [-0.1, -0.05) is 30.3 Å². The van der Waals surface area contributed by atoms with Crippen molar-refractivity contribution in [2.24, 2.45) is 0 Å². The van der Waals surface area contributed by atoms with Gasteiger partial charge < -0.3 is 0 Å². The third kappa shape index (κ3) is 5.45. The molecule has 0 saturated heterocycles. The Balaban J connectivity index is 1.61. The summed E-state index contributed by atoms with van der Waals surface area (Å²) >= 11 is 0. The van der Waals surface area contributed by atoms with Crippen molar-refractivity contribution < 1.29 is 12.8 Å². The highest BCUT2D eigenvalue weighted by molar-refractivity contribution is 7.92. The van der Waals surface area contributed by atoms with Crippen molar-refractivity contribution in [1.29, 1.82) is 0 Å². The number of nitrogens with zero attached hydrogens (tertiary/aromatic N) is 2. The number of nitrogens with one attached hydrogen (secondary N) is 1. The second-order valence-corrected chi connectivity index (χ2v) is 7.62. The number of sulfonamides is 1. The zero-order valence-corrected chi connectivity index (χ0v) is 15.6. The molecular formula is C20H18FN3O3S. The predicted octanol–water partition coefficient (Wildman–Crippen LogP) is 2.64. The van der Waals surface area contributed by atoms with E-state index in [9.17, 15) is 17.6 Å². The Morgan fingerprint density at radius 2 is 1.79 bits per heavy atom. The largest absolute Gasteiger partial charge is 0.298 e. The van der Waals surface area contributed by atoms with E-state index < -0.39 is 10.0 Å². The molecule has 0 radical (unpaired) electrons. The first-order valence-corrected chi connectivity index (χ1v) is 10.0. The molecule has 0 atom stereocenters. The van der Waals surface area contributed by atoms with Gasteiger partial charge in [-0.15, -0.1) is 0 Å². The second-order valence-electron chi connectivity index (χ2n) is 5.97. The quantitative estimate of drug-likeness (QED) is 0.662. The summed E-state index contributed by atoms with van der Waals surface area (Å²) in [5.41, 5.74) is 1.49. The van der Waals surface area contributed by atoms with Gasteiger partial charge in [0.1, 0.15) is 5.82 Å². The lowest BCUT2D eigenvalue weighted by Gasteiger charge is -2.07. The molecule has 0 aliphatic heterocycles. The Bertz CT molecular complexity index is 1130. The fourth-order valence-corrected chi connectivity index (χ4v) is 3.27. The number of aromatic nitrogens is 2. The van der Waals surface area contributed by atoms with Crippen LogP contribution in [0.25, 0.3) is 17.3 Å². The van der Waals surface area contributed by atoms with E-state index in [1.165, 1.54) is 47.3 Å². The lowest BCUT2D eigenvalue weighted by Crippen LogP contribution is -2.29. The number of halogens is 1. The van der Waals surface area contributed by atoms with Crippen LogP contribution in [0.5, 0.6) is 0 Å². The first kappa shape index (κ1) is 19.7. The molecule has 0 aliphatic carbocycles. The maximum absolute atomic E-state index is 13.0. The minimum atomic E-state index is -3.62. The number of rotatable bonds is 7. The second kappa shape index (κ2) is 8.73. The molecule has 3 rings (SSSR count). The van der Waals surface area contributed by atoms with Crippen LogP contribution in [0.3, 0.4) is 0 Å². The van der Waals surface area contributed by atoms with Crippen LogP contribution in [0.15, 0.2) is 77.2 Å². The average Bonchev–Trinajstić information content (AvgIpc) is 2.69. The summed E-state index contributed by atoms with van der Waals surface area (Å²) in [6, 6.07) is 16.0. The van der Waals surface area contributed by atoms with Gasteiger partial charge in [0, 0.05) is 30.1 Å². The topological polar surface area (TPSA) is 81.1 Å². The van der Waals surface area contributed by atoms with Gasteiger partial charge >= 0.3 is 0 Å². The van der Waals surface area contributed by atoms with Gasteiger partial charge in [-0.3, -0.25) is 9.36 Å². The normalized spacial score (nSPS) is 11.8. The maximum Gasteiger partial charge on any atom is 0.253 e. The van der Waals surface area contributed by atoms with Crippen LogP contribution in [0.4, 0.5) is 4.39 Å². The van der Waals surface area contributed by atoms with Crippen molar-refractivity contribution in [2.45, 2.75) is 6.54 Å². The molecule has 2 aromatic carbocycles. The highest BCUT2D eigenvalue weighted by Gasteiger charge is 2.07. The summed E-state index contributed by atoms with van der Waals surface area (Å²) in [5, 5.41) is 1.08.